The SMILES string of the molecule is O=C(Nc1ccc(Nc2ccc(C(F)(F)F)cc2)nc1)c1cccc(Cl)c1. The van der Waals surface area contributed by atoms with Gasteiger partial charge in [-0.1, -0.05) is 17.7 Å². The van der Waals surface area contributed by atoms with Crippen LogP contribution in [0.5, 0.6) is 0 Å². The maximum atomic E-state index is 12.6. The molecule has 0 unspecified atom stereocenters. The first kappa shape index (κ1) is 18.7. The summed E-state index contributed by atoms with van der Waals surface area (Å²) < 4.78 is 37.7. The van der Waals surface area contributed by atoms with Gasteiger partial charge in [0.1, 0.15) is 5.82 Å². The number of anilines is 3. The van der Waals surface area contributed by atoms with E-state index in [1.54, 1.807) is 36.4 Å². The quantitative estimate of drug-likeness (QED) is 0.595. The average molecular weight is 392 g/mol. The summed E-state index contributed by atoms with van der Waals surface area (Å²) in [5.41, 5.74) is 0.624. The lowest BCUT2D eigenvalue weighted by atomic mass is 10.2. The minimum Gasteiger partial charge on any atom is -0.340 e. The molecule has 0 aliphatic heterocycles. The second-order valence-electron chi connectivity index (χ2n) is 5.60. The van der Waals surface area contributed by atoms with Gasteiger partial charge in [-0.25, -0.2) is 4.98 Å². The average Bonchev–Trinajstić information content (AvgIpc) is 2.63. The first-order chi connectivity index (χ1) is 12.8. The highest BCUT2D eigenvalue weighted by molar-refractivity contribution is 6.31. The van der Waals surface area contributed by atoms with Crippen molar-refractivity contribution in [3.05, 3.63) is 83.0 Å². The number of hydrogen-bond acceptors (Lipinski definition) is 3. The molecule has 0 atom stereocenters. The molecule has 8 heteroatoms. The van der Waals surface area contributed by atoms with Crippen LogP contribution in [0.15, 0.2) is 66.9 Å². The van der Waals surface area contributed by atoms with Crippen LogP contribution >= 0.6 is 11.6 Å². The molecule has 138 valence electrons. The Hall–Kier alpha value is -3.06. The summed E-state index contributed by atoms with van der Waals surface area (Å²) in [6.07, 6.45) is -2.94. The lowest BCUT2D eigenvalue weighted by Gasteiger charge is -2.10. The third-order valence-electron chi connectivity index (χ3n) is 3.59. The van der Waals surface area contributed by atoms with Crippen LogP contribution in [0.25, 0.3) is 0 Å². The van der Waals surface area contributed by atoms with Crippen molar-refractivity contribution in [2.45, 2.75) is 6.18 Å². The van der Waals surface area contributed by atoms with Crippen LogP contribution in [0, 0.1) is 0 Å². The van der Waals surface area contributed by atoms with Crippen molar-refractivity contribution in [3.63, 3.8) is 0 Å². The first-order valence-corrected chi connectivity index (χ1v) is 8.16. The number of alkyl halides is 3. The molecule has 0 radical (unpaired) electrons. The van der Waals surface area contributed by atoms with Gasteiger partial charge in [0.25, 0.3) is 5.91 Å². The lowest BCUT2D eigenvalue weighted by molar-refractivity contribution is -0.137. The highest BCUT2D eigenvalue weighted by atomic mass is 35.5. The molecule has 2 aromatic carbocycles. The Bertz CT molecular complexity index is 942. The molecule has 3 aromatic rings. The third-order valence-corrected chi connectivity index (χ3v) is 3.83. The van der Waals surface area contributed by atoms with Gasteiger partial charge < -0.3 is 10.6 Å². The number of pyridine rings is 1. The third kappa shape index (κ3) is 4.98. The molecule has 1 aromatic heterocycles. The summed E-state index contributed by atoms with van der Waals surface area (Å²) in [5, 5.41) is 6.04. The molecule has 4 nitrogen and oxygen atoms in total. The van der Waals surface area contributed by atoms with Gasteiger partial charge in [0.05, 0.1) is 17.4 Å². The van der Waals surface area contributed by atoms with Crippen molar-refractivity contribution in [2.24, 2.45) is 0 Å². The molecule has 0 saturated carbocycles. The predicted octanol–water partition coefficient (Wildman–Crippen LogP) is 5.75. The monoisotopic (exact) mass is 391 g/mol. The number of carbonyl (C=O) groups is 1. The molecule has 0 bridgehead atoms. The van der Waals surface area contributed by atoms with Crippen molar-refractivity contribution in [2.75, 3.05) is 10.6 Å². The second-order valence-corrected chi connectivity index (χ2v) is 6.03. The van der Waals surface area contributed by atoms with E-state index in [0.717, 1.165) is 12.1 Å². The van der Waals surface area contributed by atoms with Crippen molar-refractivity contribution < 1.29 is 18.0 Å². The minimum absolute atomic E-state index is 0.331. The van der Waals surface area contributed by atoms with Crippen molar-refractivity contribution in [3.8, 4) is 0 Å². The zero-order valence-electron chi connectivity index (χ0n) is 13.7. The van der Waals surface area contributed by atoms with Crippen LogP contribution in [0.4, 0.5) is 30.4 Å². The van der Waals surface area contributed by atoms with Gasteiger partial charge in [-0.15, -0.1) is 0 Å². The first-order valence-electron chi connectivity index (χ1n) is 7.78. The summed E-state index contributed by atoms with van der Waals surface area (Å²) in [7, 11) is 0. The number of nitrogens with one attached hydrogen (secondary N) is 2. The van der Waals surface area contributed by atoms with E-state index in [2.05, 4.69) is 15.6 Å². The molecule has 0 spiro atoms. The molecule has 1 amide bonds. The van der Waals surface area contributed by atoms with Crippen molar-refractivity contribution in [1.29, 1.82) is 0 Å². The second kappa shape index (κ2) is 7.67. The molecule has 3 rings (SSSR count). The molecule has 0 aliphatic carbocycles. The van der Waals surface area contributed by atoms with E-state index in [-0.39, 0.29) is 5.91 Å². The summed E-state index contributed by atoms with van der Waals surface area (Å²) in [5.74, 6) is 0.0956. The number of nitrogens with zero attached hydrogens (tertiary/aromatic N) is 1. The highest BCUT2D eigenvalue weighted by Gasteiger charge is 2.29. The number of aromatic nitrogens is 1. The van der Waals surface area contributed by atoms with Crippen LogP contribution in [0.3, 0.4) is 0 Å². The molecule has 1 heterocycles. The van der Waals surface area contributed by atoms with E-state index < -0.39 is 11.7 Å². The number of halogens is 4. The van der Waals surface area contributed by atoms with E-state index in [9.17, 15) is 18.0 Å². The summed E-state index contributed by atoms with van der Waals surface area (Å²) in [4.78, 5) is 16.3. The van der Waals surface area contributed by atoms with Gasteiger partial charge in [-0.3, -0.25) is 4.79 Å². The number of amides is 1. The standard InChI is InChI=1S/C19H13ClF3N3O/c20-14-3-1-2-12(10-14)18(27)26-16-8-9-17(24-11-16)25-15-6-4-13(5-7-15)19(21,22)23/h1-11H,(H,24,25)(H,26,27). The molecular weight excluding hydrogens is 379 g/mol. The molecule has 27 heavy (non-hydrogen) atoms. The highest BCUT2D eigenvalue weighted by Crippen LogP contribution is 2.30. The fourth-order valence-corrected chi connectivity index (χ4v) is 2.46. The Kier molecular flexibility index (Phi) is 5.32. The van der Waals surface area contributed by atoms with E-state index >= 15 is 0 Å². The predicted molar refractivity (Wildman–Crippen MR) is 98.4 cm³/mol. The van der Waals surface area contributed by atoms with Gasteiger partial charge >= 0.3 is 6.18 Å². The van der Waals surface area contributed by atoms with Gasteiger partial charge in [0.2, 0.25) is 0 Å². The fourth-order valence-electron chi connectivity index (χ4n) is 2.27. The molecule has 0 fully saturated rings. The Morgan fingerprint density at radius 1 is 0.963 bits per heavy atom. The Morgan fingerprint density at radius 2 is 1.67 bits per heavy atom. The van der Waals surface area contributed by atoms with Gasteiger partial charge in [0.15, 0.2) is 0 Å². The number of carbonyl (C=O) groups excluding carboxylic acids is 1. The molecular formula is C19H13ClF3N3O. The van der Waals surface area contributed by atoms with Gasteiger partial charge in [0, 0.05) is 16.3 Å². The lowest BCUT2D eigenvalue weighted by Crippen LogP contribution is -2.12. The number of hydrogen-bond donors (Lipinski definition) is 2. The Labute approximate surface area is 158 Å². The zero-order valence-corrected chi connectivity index (χ0v) is 14.5. The largest absolute Gasteiger partial charge is 0.416 e. The normalized spacial score (nSPS) is 11.1. The van der Waals surface area contributed by atoms with E-state index in [1.807, 2.05) is 0 Å². The number of rotatable bonds is 4. The summed E-state index contributed by atoms with van der Waals surface area (Å²) >= 11 is 5.86. The maximum Gasteiger partial charge on any atom is 0.416 e. The Morgan fingerprint density at radius 3 is 2.26 bits per heavy atom. The minimum atomic E-state index is -4.38. The van der Waals surface area contributed by atoms with Crippen LogP contribution in [-0.2, 0) is 6.18 Å². The van der Waals surface area contributed by atoms with Crippen LogP contribution < -0.4 is 10.6 Å². The van der Waals surface area contributed by atoms with Gasteiger partial charge in [-0.2, -0.15) is 13.2 Å². The van der Waals surface area contributed by atoms with E-state index in [1.165, 1.54) is 18.3 Å². The van der Waals surface area contributed by atoms with E-state index in [4.69, 9.17) is 11.6 Å². The maximum absolute atomic E-state index is 12.6. The smallest absolute Gasteiger partial charge is 0.340 e. The zero-order chi connectivity index (χ0) is 19.4. The van der Waals surface area contributed by atoms with Gasteiger partial charge in [-0.05, 0) is 54.6 Å². The molecule has 2 N–H and O–H groups in total. The van der Waals surface area contributed by atoms with Crippen molar-refractivity contribution in [1.82, 2.24) is 4.98 Å². The van der Waals surface area contributed by atoms with Crippen LogP contribution in [-0.4, -0.2) is 10.9 Å². The topological polar surface area (TPSA) is 54.0 Å². The fraction of sp³-hybridized carbons (Fsp3) is 0.0526. The molecule has 0 aliphatic rings. The van der Waals surface area contributed by atoms with Crippen LogP contribution in [0.2, 0.25) is 5.02 Å². The Balaban J connectivity index is 1.64. The summed E-state index contributed by atoms with van der Waals surface area (Å²) in [6, 6.07) is 14.4. The van der Waals surface area contributed by atoms with Crippen molar-refractivity contribution >= 4 is 34.7 Å². The van der Waals surface area contributed by atoms with E-state index in [0.29, 0.717) is 27.8 Å². The summed E-state index contributed by atoms with van der Waals surface area (Å²) in [6.45, 7) is 0. The molecule has 0 saturated heterocycles. The van der Waals surface area contributed by atoms with Crippen LogP contribution in [0.1, 0.15) is 15.9 Å². The number of benzene rings is 2.